The number of hydrogen-bond acceptors (Lipinski definition) is 3. The summed E-state index contributed by atoms with van der Waals surface area (Å²) in [6.07, 6.45) is 1.09. The number of hydrogen-bond donors (Lipinski definition) is 1. The van der Waals surface area contributed by atoms with Crippen molar-refractivity contribution in [3.05, 3.63) is 63.6 Å². The van der Waals surface area contributed by atoms with Gasteiger partial charge in [-0.05, 0) is 42.8 Å². The molecule has 0 spiro atoms. The maximum absolute atomic E-state index is 6.13. The van der Waals surface area contributed by atoms with Crippen LogP contribution in [0.2, 0.25) is 10.0 Å². The first-order chi connectivity index (χ1) is 10.7. The van der Waals surface area contributed by atoms with E-state index >= 15 is 0 Å². The summed E-state index contributed by atoms with van der Waals surface area (Å²) >= 11 is 12.3. The Hall–Kier alpha value is -1.71. The van der Waals surface area contributed by atoms with Crippen molar-refractivity contribution < 1.29 is 4.74 Å². The van der Waals surface area contributed by atoms with Crippen molar-refractivity contribution in [2.75, 3.05) is 13.1 Å². The van der Waals surface area contributed by atoms with E-state index in [9.17, 15) is 0 Å². The van der Waals surface area contributed by atoms with Crippen molar-refractivity contribution in [3.8, 4) is 5.75 Å². The van der Waals surface area contributed by atoms with Gasteiger partial charge < -0.3 is 10.1 Å². The normalized spacial score (nSPS) is 14.2. The van der Waals surface area contributed by atoms with Crippen LogP contribution in [0.15, 0.2) is 47.5 Å². The van der Waals surface area contributed by atoms with Gasteiger partial charge in [0.25, 0.3) is 0 Å². The predicted octanol–water partition coefficient (Wildman–Crippen LogP) is 4.31. The van der Waals surface area contributed by atoms with Gasteiger partial charge in [0.1, 0.15) is 18.2 Å². The molecule has 0 bridgehead atoms. The number of ether oxygens (including phenoxy) is 1. The monoisotopic (exact) mass is 334 g/mol. The van der Waals surface area contributed by atoms with Crippen molar-refractivity contribution in [1.29, 1.82) is 0 Å². The lowest BCUT2D eigenvalue weighted by atomic mass is 10.1. The van der Waals surface area contributed by atoms with Crippen LogP contribution in [0.4, 0.5) is 0 Å². The van der Waals surface area contributed by atoms with Crippen LogP contribution in [0.25, 0.3) is 0 Å². The van der Waals surface area contributed by atoms with Crippen LogP contribution in [0, 0.1) is 0 Å². The SMILES string of the molecule is Clc1cccc(Cl)c1COc1ccc(C2=NCCCN2)cc1. The van der Waals surface area contributed by atoms with Gasteiger partial charge in [-0.15, -0.1) is 0 Å². The first-order valence-electron chi connectivity index (χ1n) is 7.18. The van der Waals surface area contributed by atoms with Crippen molar-refractivity contribution in [1.82, 2.24) is 5.32 Å². The van der Waals surface area contributed by atoms with Crippen LogP contribution in [-0.4, -0.2) is 18.9 Å². The minimum atomic E-state index is 0.344. The third-order valence-electron chi connectivity index (χ3n) is 3.47. The maximum Gasteiger partial charge on any atom is 0.128 e. The molecule has 0 saturated heterocycles. The molecule has 0 aromatic heterocycles. The molecule has 22 heavy (non-hydrogen) atoms. The molecule has 114 valence electrons. The zero-order chi connectivity index (χ0) is 15.4. The average Bonchev–Trinajstić information content (AvgIpc) is 2.56. The lowest BCUT2D eigenvalue weighted by Gasteiger charge is -2.15. The van der Waals surface area contributed by atoms with E-state index in [1.165, 1.54) is 0 Å². The zero-order valence-corrected chi connectivity index (χ0v) is 13.5. The van der Waals surface area contributed by atoms with E-state index in [1.54, 1.807) is 0 Å². The van der Waals surface area contributed by atoms with E-state index < -0.39 is 0 Å². The van der Waals surface area contributed by atoms with Gasteiger partial charge >= 0.3 is 0 Å². The Labute approximate surface area is 139 Å². The van der Waals surface area contributed by atoms with Crippen LogP contribution < -0.4 is 10.1 Å². The van der Waals surface area contributed by atoms with Gasteiger partial charge in [0.05, 0.1) is 0 Å². The largest absolute Gasteiger partial charge is 0.489 e. The summed E-state index contributed by atoms with van der Waals surface area (Å²) in [4.78, 5) is 4.48. The number of benzene rings is 2. The molecule has 0 fully saturated rings. The highest BCUT2D eigenvalue weighted by Crippen LogP contribution is 2.26. The Kier molecular flexibility index (Phi) is 4.86. The fourth-order valence-corrected chi connectivity index (χ4v) is 2.77. The summed E-state index contributed by atoms with van der Waals surface area (Å²) in [5.41, 5.74) is 1.87. The number of nitrogens with zero attached hydrogens (tertiary/aromatic N) is 1. The number of amidine groups is 1. The van der Waals surface area contributed by atoms with Crippen molar-refractivity contribution in [2.24, 2.45) is 4.99 Å². The lowest BCUT2D eigenvalue weighted by Crippen LogP contribution is -2.30. The molecule has 0 saturated carbocycles. The van der Waals surface area contributed by atoms with Gasteiger partial charge in [-0.3, -0.25) is 4.99 Å². The van der Waals surface area contributed by atoms with Gasteiger partial charge in [-0.2, -0.15) is 0 Å². The van der Waals surface area contributed by atoms with Gasteiger partial charge in [-0.25, -0.2) is 0 Å². The minimum Gasteiger partial charge on any atom is -0.489 e. The highest BCUT2D eigenvalue weighted by atomic mass is 35.5. The summed E-state index contributed by atoms with van der Waals surface area (Å²) in [5, 5.41) is 4.53. The van der Waals surface area contributed by atoms with Gasteiger partial charge in [-0.1, -0.05) is 29.3 Å². The van der Waals surface area contributed by atoms with Crippen LogP contribution in [0.1, 0.15) is 17.5 Å². The Morgan fingerprint density at radius 3 is 2.41 bits per heavy atom. The fourth-order valence-electron chi connectivity index (χ4n) is 2.26. The Balaban J connectivity index is 1.67. The number of halogens is 2. The first kappa shape index (κ1) is 15.2. The topological polar surface area (TPSA) is 33.6 Å². The smallest absolute Gasteiger partial charge is 0.128 e. The summed E-state index contributed by atoms with van der Waals surface area (Å²) in [6.45, 7) is 2.20. The van der Waals surface area contributed by atoms with Crippen LogP contribution in [0.3, 0.4) is 0 Å². The van der Waals surface area contributed by atoms with E-state index in [1.807, 2.05) is 42.5 Å². The van der Waals surface area contributed by atoms with Crippen molar-refractivity contribution in [2.45, 2.75) is 13.0 Å². The predicted molar refractivity (Wildman–Crippen MR) is 91.3 cm³/mol. The molecule has 2 aromatic rings. The van der Waals surface area contributed by atoms with E-state index in [0.29, 0.717) is 16.7 Å². The number of nitrogens with one attached hydrogen (secondary N) is 1. The molecule has 5 heteroatoms. The van der Waals surface area contributed by atoms with Gasteiger partial charge in [0.2, 0.25) is 0 Å². The third kappa shape index (κ3) is 3.54. The standard InChI is InChI=1S/C17H16Cl2N2O/c18-15-3-1-4-16(19)14(15)11-22-13-7-5-12(6-8-13)17-20-9-2-10-21-17/h1,3-8H,2,9-11H2,(H,20,21). The average molecular weight is 335 g/mol. The van der Waals surface area contributed by atoms with Crippen LogP contribution in [0.5, 0.6) is 5.75 Å². The molecule has 3 rings (SSSR count). The second kappa shape index (κ2) is 7.03. The van der Waals surface area contributed by atoms with Crippen LogP contribution in [-0.2, 0) is 6.61 Å². The molecule has 1 aliphatic rings. The fraction of sp³-hybridized carbons (Fsp3) is 0.235. The van der Waals surface area contributed by atoms with Crippen LogP contribution >= 0.6 is 23.2 Å². The number of aliphatic imine (C=N–C) groups is 1. The number of rotatable bonds is 4. The van der Waals surface area contributed by atoms with Gasteiger partial charge in [0, 0.05) is 34.3 Å². The molecular weight excluding hydrogens is 319 g/mol. The highest BCUT2D eigenvalue weighted by Gasteiger charge is 2.08. The van der Waals surface area contributed by atoms with E-state index in [-0.39, 0.29) is 0 Å². The molecule has 1 N–H and O–H groups in total. The quantitative estimate of drug-likeness (QED) is 0.903. The molecular formula is C17H16Cl2N2O. The molecule has 0 aliphatic carbocycles. The second-order valence-electron chi connectivity index (χ2n) is 5.02. The third-order valence-corrected chi connectivity index (χ3v) is 4.18. The molecule has 0 atom stereocenters. The summed E-state index contributed by atoms with van der Waals surface area (Å²) in [5.74, 6) is 1.73. The van der Waals surface area contributed by atoms with E-state index in [0.717, 1.165) is 42.2 Å². The maximum atomic E-state index is 6.13. The van der Waals surface area contributed by atoms with E-state index in [2.05, 4.69) is 10.3 Å². The molecule has 0 unspecified atom stereocenters. The molecule has 2 aromatic carbocycles. The Morgan fingerprint density at radius 2 is 1.77 bits per heavy atom. The van der Waals surface area contributed by atoms with Gasteiger partial charge in [0.15, 0.2) is 0 Å². The minimum absolute atomic E-state index is 0.344. The van der Waals surface area contributed by atoms with E-state index in [4.69, 9.17) is 27.9 Å². The van der Waals surface area contributed by atoms with Crippen molar-refractivity contribution in [3.63, 3.8) is 0 Å². The second-order valence-corrected chi connectivity index (χ2v) is 5.84. The Bertz CT molecular complexity index is 663. The lowest BCUT2D eigenvalue weighted by molar-refractivity contribution is 0.306. The molecule has 1 heterocycles. The molecule has 1 aliphatic heterocycles. The molecule has 3 nitrogen and oxygen atoms in total. The highest BCUT2D eigenvalue weighted by molar-refractivity contribution is 6.35. The summed E-state index contributed by atoms with van der Waals surface area (Å²) in [7, 11) is 0. The summed E-state index contributed by atoms with van der Waals surface area (Å²) in [6, 6.07) is 13.3. The molecule has 0 radical (unpaired) electrons. The Morgan fingerprint density at radius 1 is 1.05 bits per heavy atom. The summed E-state index contributed by atoms with van der Waals surface area (Å²) < 4.78 is 5.77. The van der Waals surface area contributed by atoms with Crippen molar-refractivity contribution >= 4 is 29.0 Å². The zero-order valence-electron chi connectivity index (χ0n) is 12.0. The first-order valence-corrected chi connectivity index (χ1v) is 7.94. The molecule has 0 amide bonds.